The zero-order valence-electron chi connectivity index (χ0n) is 10.5. The lowest BCUT2D eigenvalue weighted by Gasteiger charge is -2.09. The summed E-state index contributed by atoms with van der Waals surface area (Å²) in [6.45, 7) is 0. The highest BCUT2D eigenvalue weighted by Gasteiger charge is 2.06. The zero-order chi connectivity index (χ0) is 13.0. The number of carbonyl (C=O) groups is 1. The predicted molar refractivity (Wildman–Crippen MR) is 76.8 cm³/mol. The van der Waals surface area contributed by atoms with Gasteiger partial charge in [0.05, 0.1) is 0 Å². The molecule has 0 fully saturated rings. The average Bonchev–Trinajstić information content (AvgIpc) is 2.40. The van der Waals surface area contributed by atoms with Crippen LogP contribution in [-0.4, -0.2) is 24.2 Å². The molecule has 0 N–H and O–H groups in total. The number of amides is 1. The van der Waals surface area contributed by atoms with Crippen LogP contribution in [0.2, 0.25) is 0 Å². The van der Waals surface area contributed by atoms with Gasteiger partial charge in [0, 0.05) is 19.0 Å². The Morgan fingerprint density at radius 2 is 1.44 bits per heavy atom. The molecule has 0 radical (unpaired) electrons. The van der Waals surface area contributed by atoms with Gasteiger partial charge in [-0.2, -0.15) is 0 Å². The van der Waals surface area contributed by atoms with Crippen LogP contribution in [0.25, 0.3) is 11.1 Å². The highest BCUT2D eigenvalue weighted by atomic mass is 32.2. The molecule has 0 saturated heterocycles. The van der Waals surface area contributed by atoms with Crippen molar-refractivity contribution < 1.29 is 4.79 Å². The van der Waals surface area contributed by atoms with Gasteiger partial charge in [0.25, 0.3) is 5.24 Å². The topological polar surface area (TPSA) is 20.3 Å². The van der Waals surface area contributed by atoms with Crippen molar-refractivity contribution in [3.8, 4) is 11.1 Å². The highest BCUT2D eigenvalue weighted by Crippen LogP contribution is 2.25. The van der Waals surface area contributed by atoms with Crippen LogP contribution in [-0.2, 0) is 0 Å². The number of benzene rings is 2. The van der Waals surface area contributed by atoms with E-state index in [2.05, 4.69) is 12.1 Å². The molecule has 18 heavy (non-hydrogen) atoms. The molecule has 1 amide bonds. The van der Waals surface area contributed by atoms with Crippen molar-refractivity contribution in [2.45, 2.75) is 4.90 Å². The smallest absolute Gasteiger partial charge is 0.285 e. The molecule has 0 saturated carbocycles. The molecule has 0 spiro atoms. The zero-order valence-corrected chi connectivity index (χ0v) is 11.3. The minimum Gasteiger partial charge on any atom is -0.339 e. The Labute approximate surface area is 112 Å². The third-order valence-electron chi connectivity index (χ3n) is 2.53. The third-order valence-corrected chi connectivity index (χ3v) is 3.58. The number of nitrogens with zero attached hydrogens (tertiary/aromatic N) is 1. The van der Waals surface area contributed by atoms with Crippen LogP contribution in [0.4, 0.5) is 4.79 Å². The molecule has 2 aromatic carbocycles. The van der Waals surface area contributed by atoms with Gasteiger partial charge in [0.2, 0.25) is 0 Å². The van der Waals surface area contributed by atoms with Gasteiger partial charge in [-0.1, -0.05) is 42.5 Å². The van der Waals surface area contributed by atoms with E-state index in [1.165, 1.54) is 17.3 Å². The van der Waals surface area contributed by atoms with Gasteiger partial charge in [-0.25, -0.2) is 0 Å². The standard InChI is InChI=1S/C15H15NOS/c1-16(2)15(17)18-14-10-8-13(9-11-14)12-6-4-3-5-7-12/h3-11H,1-2H3. The van der Waals surface area contributed by atoms with E-state index in [4.69, 9.17) is 0 Å². The van der Waals surface area contributed by atoms with E-state index in [-0.39, 0.29) is 5.24 Å². The maximum Gasteiger partial charge on any atom is 0.285 e. The van der Waals surface area contributed by atoms with Crippen LogP contribution in [0.5, 0.6) is 0 Å². The van der Waals surface area contributed by atoms with Crippen molar-refractivity contribution >= 4 is 17.0 Å². The molecule has 92 valence electrons. The second kappa shape index (κ2) is 5.74. The lowest BCUT2D eigenvalue weighted by Crippen LogP contribution is -2.15. The fourth-order valence-corrected chi connectivity index (χ4v) is 2.19. The number of rotatable bonds is 2. The molecule has 0 aliphatic carbocycles. The van der Waals surface area contributed by atoms with E-state index in [0.717, 1.165) is 10.5 Å². The second-order valence-corrected chi connectivity index (χ2v) is 5.18. The summed E-state index contributed by atoms with van der Waals surface area (Å²) in [5, 5.41) is 0.0439. The minimum absolute atomic E-state index is 0.0439. The van der Waals surface area contributed by atoms with Crippen LogP contribution in [0, 0.1) is 0 Å². The van der Waals surface area contributed by atoms with Gasteiger partial charge in [0.1, 0.15) is 0 Å². The summed E-state index contributed by atoms with van der Waals surface area (Å²) >= 11 is 1.24. The number of thioether (sulfide) groups is 1. The van der Waals surface area contributed by atoms with Crippen molar-refractivity contribution in [2.75, 3.05) is 14.1 Å². The first-order valence-corrected chi connectivity index (χ1v) is 6.53. The van der Waals surface area contributed by atoms with E-state index in [9.17, 15) is 4.79 Å². The number of hydrogen-bond donors (Lipinski definition) is 0. The molecular formula is C15H15NOS. The predicted octanol–water partition coefficient (Wildman–Crippen LogP) is 4.13. The van der Waals surface area contributed by atoms with E-state index in [0.29, 0.717) is 0 Å². The molecule has 2 aromatic rings. The SMILES string of the molecule is CN(C)C(=O)Sc1ccc(-c2ccccc2)cc1. The Hall–Kier alpha value is -1.74. The summed E-state index contributed by atoms with van der Waals surface area (Å²) in [6.07, 6.45) is 0. The lowest BCUT2D eigenvalue weighted by molar-refractivity contribution is 0.241. The van der Waals surface area contributed by atoms with Gasteiger partial charge in [-0.05, 0) is 35.0 Å². The van der Waals surface area contributed by atoms with Crippen LogP contribution in [0.1, 0.15) is 0 Å². The Bertz CT molecular complexity index is 520. The first-order valence-electron chi connectivity index (χ1n) is 5.71. The summed E-state index contributed by atoms with van der Waals surface area (Å²) in [4.78, 5) is 14.1. The molecule has 0 atom stereocenters. The monoisotopic (exact) mass is 257 g/mol. The minimum atomic E-state index is 0.0439. The summed E-state index contributed by atoms with van der Waals surface area (Å²) in [6, 6.07) is 18.2. The molecule has 2 rings (SSSR count). The lowest BCUT2D eigenvalue weighted by atomic mass is 10.1. The van der Waals surface area contributed by atoms with Crippen LogP contribution >= 0.6 is 11.8 Å². The fraction of sp³-hybridized carbons (Fsp3) is 0.133. The first kappa shape index (κ1) is 12.7. The normalized spacial score (nSPS) is 10.1. The number of hydrogen-bond acceptors (Lipinski definition) is 2. The first-order chi connectivity index (χ1) is 8.66. The van der Waals surface area contributed by atoms with E-state index < -0.39 is 0 Å². The van der Waals surface area contributed by atoms with Crippen LogP contribution in [0.3, 0.4) is 0 Å². The molecule has 0 bridgehead atoms. The maximum absolute atomic E-state index is 11.6. The molecule has 0 aromatic heterocycles. The van der Waals surface area contributed by atoms with Crippen molar-refractivity contribution in [3.63, 3.8) is 0 Å². The molecule has 0 unspecified atom stereocenters. The van der Waals surface area contributed by atoms with Gasteiger partial charge < -0.3 is 4.90 Å². The van der Waals surface area contributed by atoms with Crippen molar-refractivity contribution in [3.05, 3.63) is 54.6 Å². The summed E-state index contributed by atoms with van der Waals surface area (Å²) in [7, 11) is 3.52. The van der Waals surface area contributed by atoms with Gasteiger partial charge in [-0.3, -0.25) is 4.79 Å². The van der Waals surface area contributed by atoms with Crippen LogP contribution < -0.4 is 0 Å². The average molecular weight is 257 g/mol. The summed E-state index contributed by atoms with van der Waals surface area (Å²) in [5.41, 5.74) is 2.35. The Morgan fingerprint density at radius 3 is 2.00 bits per heavy atom. The largest absolute Gasteiger partial charge is 0.339 e. The fourth-order valence-electron chi connectivity index (χ4n) is 1.54. The van der Waals surface area contributed by atoms with Gasteiger partial charge >= 0.3 is 0 Å². The van der Waals surface area contributed by atoms with Crippen molar-refractivity contribution in [1.29, 1.82) is 0 Å². The second-order valence-electron chi connectivity index (χ2n) is 4.15. The van der Waals surface area contributed by atoms with Crippen molar-refractivity contribution in [1.82, 2.24) is 4.90 Å². The Balaban J connectivity index is 2.13. The summed E-state index contributed by atoms with van der Waals surface area (Å²) in [5.74, 6) is 0. The van der Waals surface area contributed by atoms with Gasteiger partial charge in [-0.15, -0.1) is 0 Å². The van der Waals surface area contributed by atoms with E-state index in [1.54, 1.807) is 19.0 Å². The molecular weight excluding hydrogens is 242 g/mol. The van der Waals surface area contributed by atoms with E-state index >= 15 is 0 Å². The number of carbonyl (C=O) groups excluding carboxylic acids is 1. The van der Waals surface area contributed by atoms with Crippen molar-refractivity contribution in [2.24, 2.45) is 0 Å². The third kappa shape index (κ3) is 3.14. The van der Waals surface area contributed by atoms with E-state index in [1.807, 2.05) is 42.5 Å². The molecule has 0 aliphatic heterocycles. The highest BCUT2D eigenvalue weighted by molar-refractivity contribution is 8.13. The molecule has 0 heterocycles. The maximum atomic E-state index is 11.6. The molecule has 0 aliphatic rings. The Morgan fingerprint density at radius 1 is 0.889 bits per heavy atom. The van der Waals surface area contributed by atoms with Crippen LogP contribution in [0.15, 0.2) is 59.5 Å². The molecule has 3 heteroatoms. The van der Waals surface area contributed by atoms with Gasteiger partial charge in [0.15, 0.2) is 0 Å². The quantitative estimate of drug-likeness (QED) is 0.754. The summed E-state index contributed by atoms with van der Waals surface area (Å²) < 4.78 is 0. The molecule has 2 nitrogen and oxygen atoms in total. The Kier molecular flexibility index (Phi) is 4.05.